The lowest BCUT2D eigenvalue weighted by Crippen LogP contribution is -2.54. The Kier molecular flexibility index (Phi) is 4.03. The van der Waals surface area contributed by atoms with Crippen molar-refractivity contribution >= 4 is 21.9 Å². The fourth-order valence-corrected chi connectivity index (χ4v) is 4.33. The van der Waals surface area contributed by atoms with Gasteiger partial charge < -0.3 is 4.74 Å². The topological polar surface area (TPSA) is 26.3 Å². The highest BCUT2D eigenvalue weighted by Gasteiger charge is 2.55. The fourth-order valence-electron chi connectivity index (χ4n) is 3.63. The molecular formula is C17H23BrO2. The summed E-state index contributed by atoms with van der Waals surface area (Å²) in [5.74, 6) is -0.230. The van der Waals surface area contributed by atoms with E-state index < -0.39 is 0 Å². The molecule has 0 unspecified atom stereocenters. The minimum Gasteiger partial charge on any atom is -0.461 e. The average molecular weight is 339 g/mol. The highest BCUT2D eigenvalue weighted by Crippen LogP contribution is 2.60. The number of alkyl halides is 1. The molecule has 20 heavy (non-hydrogen) atoms. The molecule has 1 saturated carbocycles. The zero-order valence-corrected chi connectivity index (χ0v) is 14.1. The van der Waals surface area contributed by atoms with E-state index in [1.165, 1.54) is 12.5 Å². The van der Waals surface area contributed by atoms with E-state index in [0.717, 1.165) is 24.8 Å². The molecule has 1 spiro atoms. The number of allylic oxidation sites excluding steroid dienone is 3. The molecule has 0 bridgehead atoms. The van der Waals surface area contributed by atoms with Gasteiger partial charge in [-0.3, -0.25) is 4.79 Å². The number of carbonyl (C=O) groups is 1. The number of halogens is 1. The summed E-state index contributed by atoms with van der Waals surface area (Å²) in [6.07, 6.45) is 7.00. The lowest BCUT2D eigenvalue weighted by Gasteiger charge is -2.56. The van der Waals surface area contributed by atoms with E-state index in [2.05, 4.69) is 55.1 Å². The number of hydrogen-bond donors (Lipinski definition) is 0. The Morgan fingerprint density at radius 2 is 2.10 bits per heavy atom. The average Bonchev–Trinajstić information content (AvgIpc) is 2.35. The summed E-state index contributed by atoms with van der Waals surface area (Å²) >= 11 is 3.78. The highest BCUT2D eigenvalue weighted by molar-refractivity contribution is 9.09. The Balaban J connectivity index is 2.38. The minimum absolute atomic E-state index is 0.0427. The van der Waals surface area contributed by atoms with Gasteiger partial charge in [-0.2, -0.15) is 0 Å². The third-order valence-electron chi connectivity index (χ3n) is 5.01. The first-order chi connectivity index (χ1) is 9.20. The number of hydrogen-bond acceptors (Lipinski definition) is 2. The molecule has 0 heterocycles. The van der Waals surface area contributed by atoms with Gasteiger partial charge in [0.1, 0.15) is 6.10 Å². The Labute approximate surface area is 130 Å². The smallest absolute Gasteiger partial charge is 0.302 e. The summed E-state index contributed by atoms with van der Waals surface area (Å²) < 4.78 is 5.48. The van der Waals surface area contributed by atoms with Crippen LogP contribution in [0.5, 0.6) is 0 Å². The lowest BCUT2D eigenvalue weighted by molar-refractivity contribution is -0.149. The first kappa shape index (κ1) is 15.6. The van der Waals surface area contributed by atoms with Gasteiger partial charge in [0.05, 0.1) is 4.83 Å². The molecule has 2 nitrogen and oxygen atoms in total. The lowest BCUT2D eigenvalue weighted by atomic mass is 9.52. The van der Waals surface area contributed by atoms with Crippen LogP contribution >= 0.6 is 15.9 Å². The van der Waals surface area contributed by atoms with E-state index in [0.29, 0.717) is 0 Å². The van der Waals surface area contributed by atoms with Crippen molar-refractivity contribution in [2.75, 3.05) is 0 Å². The maximum absolute atomic E-state index is 11.3. The third-order valence-corrected chi connectivity index (χ3v) is 6.74. The van der Waals surface area contributed by atoms with Crippen molar-refractivity contribution in [3.63, 3.8) is 0 Å². The van der Waals surface area contributed by atoms with Gasteiger partial charge in [0, 0.05) is 18.8 Å². The maximum atomic E-state index is 11.3. The second-order valence-corrected chi connectivity index (χ2v) is 7.53. The van der Waals surface area contributed by atoms with Gasteiger partial charge in [-0.1, -0.05) is 66.2 Å². The van der Waals surface area contributed by atoms with Crippen LogP contribution in [0.3, 0.4) is 0 Å². The Morgan fingerprint density at radius 1 is 1.45 bits per heavy atom. The molecular weight excluding hydrogens is 316 g/mol. The Hall–Kier alpha value is -0.830. The van der Waals surface area contributed by atoms with Gasteiger partial charge in [0.25, 0.3) is 0 Å². The molecule has 1 fully saturated rings. The molecule has 3 atom stereocenters. The van der Waals surface area contributed by atoms with Crippen LogP contribution in [-0.4, -0.2) is 16.9 Å². The Bertz CT molecular complexity index is 489. The van der Waals surface area contributed by atoms with Crippen LogP contribution in [0.25, 0.3) is 0 Å². The highest BCUT2D eigenvalue weighted by atomic mass is 79.9. The standard InChI is InChI=1S/C17H23BrO2/c1-11-6-8-17(9-7-11)12(2)10-14(20-13(3)19)15(18)16(17,4)5/h6,8,14-15H,1-2,7,9-10H2,3-5H3/t14-,15-,17-/m1/s1. The fraction of sp³-hybridized carbons (Fsp3) is 0.588. The SMILES string of the molecule is C=C1C=C[C@@]2(CC1)C(=C)C[C@@H](OC(C)=O)[C@@H](Br)C2(C)C. The molecule has 0 saturated heterocycles. The van der Waals surface area contributed by atoms with Crippen LogP contribution < -0.4 is 0 Å². The molecule has 2 aliphatic rings. The van der Waals surface area contributed by atoms with Crippen molar-refractivity contribution in [2.24, 2.45) is 10.8 Å². The van der Waals surface area contributed by atoms with Crippen LogP contribution in [-0.2, 0) is 9.53 Å². The number of esters is 1. The molecule has 3 heteroatoms. The van der Waals surface area contributed by atoms with E-state index in [1.807, 2.05) is 0 Å². The van der Waals surface area contributed by atoms with Crippen molar-refractivity contribution in [2.45, 2.75) is 51.0 Å². The van der Waals surface area contributed by atoms with E-state index in [1.54, 1.807) is 0 Å². The van der Waals surface area contributed by atoms with Crippen molar-refractivity contribution in [3.8, 4) is 0 Å². The van der Waals surface area contributed by atoms with Crippen molar-refractivity contribution in [3.05, 3.63) is 36.5 Å². The molecule has 0 N–H and O–H groups in total. The van der Waals surface area contributed by atoms with Crippen LogP contribution in [0.4, 0.5) is 0 Å². The third kappa shape index (κ3) is 2.30. The minimum atomic E-state index is -0.230. The number of ether oxygens (including phenoxy) is 1. The van der Waals surface area contributed by atoms with Gasteiger partial charge in [-0.05, 0) is 18.3 Å². The quantitative estimate of drug-likeness (QED) is 0.398. The van der Waals surface area contributed by atoms with Crippen molar-refractivity contribution in [1.29, 1.82) is 0 Å². The summed E-state index contributed by atoms with van der Waals surface area (Å²) in [5, 5.41) is 0. The molecule has 0 aromatic rings. The van der Waals surface area contributed by atoms with Crippen LogP contribution in [0, 0.1) is 10.8 Å². The number of rotatable bonds is 1. The molecule has 110 valence electrons. The van der Waals surface area contributed by atoms with E-state index >= 15 is 0 Å². The van der Waals surface area contributed by atoms with Gasteiger partial charge in [-0.15, -0.1) is 0 Å². The maximum Gasteiger partial charge on any atom is 0.302 e. The first-order valence-corrected chi connectivity index (χ1v) is 7.99. The summed E-state index contributed by atoms with van der Waals surface area (Å²) in [7, 11) is 0. The number of carbonyl (C=O) groups excluding carboxylic acids is 1. The zero-order valence-electron chi connectivity index (χ0n) is 12.5. The van der Waals surface area contributed by atoms with Crippen LogP contribution in [0.1, 0.15) is 40.0 Å². The van der Waals surface area contributed by atoms with Crippen molar-refractivity contribution in [1.82, 2.24) is 0 Å². The van der Waals surface area contributed by atoms with Gasteiger partial charge >= 0.3 is 5.97 Å². The first-order valence-electron chi connectivity index (χ1n) is 7.07. The van der Waals surface area contributed by atoms with E-state index in [4.69, 9.17) is 4.74 Å². The largest absolute Gasteiger partial charge is 0.461 e. The normalized spacial score (nSPS) is 36.2. The molecule has 0 aromatic carbocycles. The van der Waals surface area contributed by atoms with Gasteiger partial charge in [-0.25, -0.2) is 0 Å². The molecule has 0 amide bonds. The van der Waals surface area contributed by atoms with Gasteiger partial charge in [0.15, 0.2) is 0 Å². The molecule has 0 aliphatic heterocycles. The summed E-state index contributed by atoms with van der Waals surface area (Å²) in [4.78, 5) is 11.4. The predicted octanol–water partition coefficient (Wildman–Crippen LogP) is 4.56. The molecule has 0 radical (unpaired) electrons. The van der Waals surface area contributed by atoms with Crippen molar-refractivity contribution < 1.29 is 9.53 Å². The van der Waals surface area contributed by atoms with Gasteiger partial charge in [0.2, 0.25) is 0 Å². The molecule has 2 aliphatic carbocycles. The molecule has 0 aromatic heterocycles. The second-order valence-electron chi connectivity index (χ2n) is 6.54. The van der Waals surface area contributed by atoms with E-state index in [-0.39, 0.29) is 27.7 Å². The summed E-state index contributed by atoms with van der Waals surface area (Å²) in [5.41, 5.74) is 2.22. The van der Waals surface area contributed by atoms with E-state index in [9.17, 15) is 4.79 Å². The summed E-state index contributed by atoms with van der Waals surface area (Å²) in [6, 6.07) is 0. The summed E-state index contributed by atoms with van der Waals surface area (Å²) in [6.45, 7) is 14.3. The Morgan fingerprint density at radius 3 is 2.60 bits per heavy atom. The second kappa shape index (κ2) is 5.18. The predicted molar refractivity (Wildman–Crippen MR) is 85.8 cm³/mol. The van der Waals surface area contributed by atoms with Crippen LogP contribution in [0.2, 0.25) is 0 Å². The monoisotopic (exact) mass is 338 g/mol. The molecule has 2 rings (SSSR count). The zero-order chi connectivity index (χ0) is 15.1. The van der Waals surface area contributed by atoms with Crippen LogP contribution in [0.15, 0.2) is 36.5 Å².